The van der Waals surface area contributed by atoms with Crippen LogP contribution in [0.2, 0.25) is 10.2 Å². The molecule has 0 aromatic carbocycles. The van der Waals surface area contributed by atoms with Crippen molar-refractivity contribution >= 4 is 45.0 Å². The fourth-order valence-corrected chi connectivity index (χ4v) is 3.83. The number of carbonyl (C=O) groups is 2. The van der Waals surface area contributed by atoms with Gasteiger partial charge in [0.2, 0.25) is 21.8 Å². The van der Waals surface area contributed by atoms with Gasteiger partial charge in [-0.25, -0.2) is 13.4 Å². The van der Waals surface area contributed by atoms with Crippen LogP contribution in [-0.2, 0) is 19.6 Å². The quantitative estimate of drug-likeness (QED) is 0.628. The molecule has 0 radical (unpaired) electrons. The van der Waals surface area contributed by atoms with E-state index in [-0.39, 0.29) is 15.1 Å². The molecule has 0 bridgehead atoms. The van der Waals surface area contributed by atoms with Crippen LogP contribution in [0, 0.1) is 0 Å². The van der Waals surface area contributed by atoms with Gasteiger partial charge < -0.3 is 0 Å². The highest BCUT2D eigenvalue weighted by molar-refractivity contribution is 7.89. The molecule has 1 aromatic rings. The summed E-state index contributed by atoms with van der Waals surface area (Å²) in [4.78, 5) is 26.7. The number of hydrogen-bond donors (Lipinski definition) is 1. The molecule has 1 aromatic heterocycles. The summed E-state index contributed by atoms with van der Waals surface area (Å²) in [6, 6.07) is 1.12. The maximum atomic E-state index is 12.6. The van der Waals surface area contributed by atoms with Crippen molar-refractivity contribution in [1.29, 1.82) is 0 Å². The highest BCUT2D eigenvalue weighted by Gasteiger charge is 2.47. The first-order valence-corrected chi connectivity index (χ1v) is 7.94. The lowest BCUT2D eigenvalue weighted by molar-refractivity contribution is -0.141. The molecule has 2 rings (SSSR count). The molecule has 0 saturated carbocycles. The fraction of sp³-hybridized carbons (Fsp3) is 0.364. The van der Waals surface area contributed by atoms with E-state index >= 15 is 0 Å². The zero-order valence-electron chi connectivity index (χ0n) is 11.1. The number of aromatic nitrogens is 1. The molecule has 0 unspecified atom stereocenters. The third-order valence-electron chi connectivity index (χ3n) is 3.08. The van der Waals surface area contributed by atoms with Gasteiger partial charge in [-0.2, -0.15) is 4.31 Å². The Morgan fingerprint density at radius 3 is 2.52 bits per heavy atom. The Hall–Kier alpha value is -1.22. The summed E-state index contributed by atoms with van der Waals surface area (Å²) in [6.45, 7) is 2.33. The van der Waals surface area contributed by atoms with Crippen molar-refractivity contribution in [2.24, 2.45) is 0 Å². The normalized spacial score (nSPS) is 19.4. The number of halogens is 2. The Morgan fingerprint density at radius 1 is 1.33 bits per heavy atom. The van der Waals surface area contributed by atoms with Crippen molar-refractivity contribution in [1.82, 2.24) is 14.6 Å². The minimum atomic E-state index is -4.13. The number of carbonyl (C=O) groups excluding carboxylic acids is 2. The van der Waals surface area contributed by atoms with Gasteiger partial charge in [0.1, 0.15) is 15.6 Å². The Morgan fingerprint density at radius 2 is 1.95 bits per heavy atom. The van der Waals surface area contributed by atoms with Crippen LogP contribution in [0.1, 0.15) is 13.8 Å². The topological polar surface area (TPSA) is 96.4 Å². The monoisotopic (exact) mass is 351 g/mol. The smallest absolute Gasteiger partial charge is 0.247 e. The maximum absolute atomic E-state index is 12.6. The lowest BCUT2D eigenvalue weighted by Crippen LogP contribution is -2.65. The van der Waals surface area contributed by atoms with Crippen molar-refractivity contribution in [2.75, 3.05) is 6.54 Å². The molecule has 10 heteroatoms. The molecular weight excluding hydrogens is 341 g/mol. The van der Waals surface area contributed by atoms with E-state index in [1.807, 2.05) is 0 Å². The number of pyridine rings is 1. The van der Waals surface area contributed by atoms with E-state index in [1.165, 1.54) is 13.8 Å². The summed E-state index contributed by atoms with van der Waals surface area (Å²) in [5, 5.41) is 2.02. The van der Waals surface area contributed by atoms with Gasteiger partial charge in [-0.15, -0.1) is 0 Å². The summed E-state index contributed by atoms with van der Waals surface area (Å²) in [7, 11) is -4.13. The summed E-state index contributed by atoms with van der Waals surface area (Å²) < 4.78 is 26.0. The van der Waals surface area contributed by atoms with E-state index in [2.05, 4.69) is 10.3 Å². The van der Waals surface area contributed by atoms with Crippen molar-refractivity contribution in [2.45, 2.75) is 24.3 Å². The zero-order chi connectivity index (χ0) is 16.0. The number of sulfonamides is 1. The van der Waals surface area contributed by atoms with Crippen LogP contribution in [0.15, 0.2) is 17.2 Å². The Bertz CT molecular complexity index is 733. The van der Waals surface area contributed by atoms with Crippen LogP contribution in [0.25, 0.3) is 0 Å². The number of nitrogens with one attached hydrogen (secondary N) is 1. The van der Waals surface area contributed by atoms with Crippen molar-refractivity contribution < 1.29 is 18.0 Å². The van der Waals surface area contributed by atoms with Crippen molar-refractivity contribution in [3.8, 4) is 0 Å². The van der Waals surface area contributed by atoms with Gasteiger partial charge in [0.15, 0.2) is 0 Å². The van der Waals surface area contributed by atoms with Crippen LogP contribution in [0.4, 0.5) is 0 Å². The van der Waals surface area contributed by atoms with Crippen LogP contribution in [0.3, 0.4) is 0 Å². The molecule has 1 N–H and O–H groups in total. The average Bonchev–Trinajstić information content (AvgIpc) is 2.37. The van der Waals surface area contributed by atoms with E-state index in [1.54, 1.807) is 0 Å². The van der Waals surface area contributed by atoms with Gasteiger partial charge in [-0.3, -0.25) is 14.9 Å². The number of hydrogen-bond acceptors (Lipinski definition) is 5. The Labute approximate surface area is 131 Å². The number of piperazine rings is 1. The summed E-state index contributed by atoms with van der Waals surface area (Å²) >= 11 is 11.4. The predicted molar refractivity (Wildman–Crippen MR) is 75.4 cm³/mol. The Kier molecular flexibility index (Phi) is 4.00. The molecule has 0 aliphatic carbocycles. The van der Waals surface area contributed by atoms with E-state index in [9.17, 15) is 18.0 Å². The maximum Gasteiger partial charge on any atom is 0.247 e. The van der Waals surface area contributed by atoms with Crippen molar-refractivity contribution in [3.05, 3.63) is 22.4 Å². The van der Waals surface area contributed by atoms with Crippen LogP contribution in [-0.4, -0.2) is 41.6 Å². The van der Waals surface area contributed by atoms with Crippen LogP contribution in [0.5, 0.6) is 0 Å². The highest BCUT2D eigenvalue weighted by Crippen LogP contribution is 2.29. The molecule has 21 heavy (non-hydrogen) atoms. The summed E-state index contributed by atoms with van der Waals surface area (Å²) in [5.41, 5.74) is -1.42. The number of imide groups is 1. The first kappa shape index (κ1) is 16.2. The molecular formula is C11H11Cl2N3O4S. The highest BCUT2D eigenvalue weighted by atomic mass is 35.5. The zero-order valence-corrected chi connectivity index (χ0v) is 13.4. The average molecular weight is 352 g/mol. The molecule has 2 heterocycles. The first-order valence-electron chi connectivity index (χ1n) is 5.75. The van der Waals surface area contributed by atoms with Gasteiger partial charge in [0.05, 0.1) is 11.6 Å². The largest absolute Gasteiger partial charge is 0.294 e. The van der Waals surface area contributed by atoms with E-state index < -0.39 is 33.9 Å². The number of rotatable bonds is 2. The summed E-state index contributed by atoms with van der Waals surface area (Å²) in [5.74, 6) is -1.40. The molecule has 1 fully saturated rings. The molecule has 1 aliphatic heterocycles. The third-order valence-corrected chi connectivity index (χ3v) is 5.75. The van der Waals surface area contributed by atoms with Crippen LogP contribution < -0.4 is 5.32 Å². The second kappa shape index (κ2) is 5.20. The van der Waals surface area contributed by atoms with Gasteiger partial charge in [0.25, 0.3) is 0 Å². The van der Waals surface area contributed by atoms with E-state index in [0.29, 0.717) is 0 Å². The standard InChI is InChI=1S/C11H11Cl2N3O4S/c1-11(2)10(18)15-8(17)5-16(11)21(19,20)6-3-7(12)9(13)14-4-6/h3-4H,5H2,1-2H3,(H,15,17,18). The van der Waals surface area contributed by atoms with Gasteiger partial charge in [-0.05, 0) is 19.9 Å². The first-order chi connectivity index (χ1) is 9.56. The van der Waals surface area contributed by atoms with Crippen LogP contribution >= 0.6 is 23.2 Å². The molecule has 1 saturated heterocycles. The lowest BCUT2D eigenvalue weighted by atomic mass is 10.0. The van der Waals surface area contributed by atoms with E-state index in [4.69, 9.17) is 23.2 Å². The Balaban J connectivity index is 2.53. The predicted octanol–water partition coefficient (Wildman–Crippen LogP) is 0.814. The number of nitrogens with zero attached hydrogens (tertiary/aromatic N) is 2. The van der Waals surface area contributed by atoms with Gasteiger partial charge >= 0.3 is 0 Å². The van der Waals surface area contributed by atoms with Gasteiger partial charge in [-0.1, -0.05) is 23.2 Å². The molecule has 1 aliphatic rings. The minimum absolute atomic E-state index is 0.0386. The second-order valence-electron chi connectivity index (χ2n) is 4.89. The lowest BCUT2D eigenvalue weighted by Gasteiger charge is -2.38. The molecule has 0 atom stereocenters. The molecule has 2 amide bonds. The molecule has 0 spiro atoms. The van der Waals surface area contributed by atoms with Gasteiger partial charge in [0, 0.05) is 6.20 Å². The summed E-state index contributed by atoms with van der Waals surface area (Å²) in [6.07, 6.45) is 1.02. The third kappa shape index (κ3) is 2.76. The van der Waals surface area contributed by atoms with E-state index in [0.717, 1.165) is 16.6 Å². The second-order valence-corrected chi connectivity index (χ2v) is 7.52. The SMILES string of the molecule is CC1(C)C(=O)NC(=O)CN1S(=O)(=O)c1cnc(Cl)c(Cl)c1. The fourth-order valence-electron chi connectivity index (χ4n) is 1.82. The minimum Gasteiger partial charge on any atom is -0.294 e. The molecule has 7 nitrogen and oxygen atoms in total. The molecule has 114 valence electrons. The van der Waals surface area contributed by atoms with Crippen molar-refractivity contribution in [3.63, 3.8) is 0 Å². The number of amides is 2.